The lowest BCUT2D eigenvalue weighted by Crippen LogP contribution is -2.29. The third-order valence-electron chi connectivity index (χ3n) is 3.60. The van der Waals surface area contributed by atoms with Crippen LogP contribution in [-0.4, -0.2) is 38.2 Å². The largest absolute Gasteiger partial charge is 0.453 e. The summed E-state index contributed by atoms with van der Waals surface area (Å²) >= 11 is 0. The summed E-state index contributed by atoms with van der Waals surface area (Å²) in [4.78, 5) is 13.6. The average molecular weight is 263 g/mol. The van der Waals surface area contributed by atoms with E-state index in [1.807, 2.05) is 12.1 Å². The van der Waals surface area contributed by atoms with E-state index in [1.54, 1.807) is 6.07 Å². The zero-order valence-electron chi connectivity index (χ0n) is 11.5. The van der Waals surface area contributed by atoms with Gasteiger partial charge in [-0.2, -0.15) is 0 Å². The first-order valence-electron chi connectivity index (χ1n) is 6.52. The van der Waals surface area contributed by atoms with Gasteiger partial charge in [0.05, 0.1) is 7.11 Å². The Morgan fingerprint density at radius 3 is 2.68 bits per heavy atom. The van der Waals surface area contributed by atoms with E-state index < -0.39 is 6.09 Å². The van der Waals surface area contributed by atoms with Crippen LogP contribution in [0.4, 0.5) is 16.2 Å². The molecule has 3 N–H and O–H groups in total. The highest BCUT2D eigenvalue weighted by atomic mass is 16.5. The number of hydrogen-bond acceptors (Lipinski definition) is 4. The maximum absolute atomic E-state index is 11.2. The van der Waals surface area contributed by atoms with E-state index >= 15 is 0 Å². The number of piperidine rings is 1. The number of methoxy groups -OCH3 is 1. The number of carbonyl (C=O) groups excluding carboxylic acids is 1. The number of rotatable bonds is 2. The van der Waals surface area contributed by atoms with E-state index in [-0.39, 0.29) is 0 Å². The molecule has 2 rings (SSSR count). The van der Waals surface area contributed by atoms with Crippen LogP contribution in [0.15, 0.2) is 18.2 Å². The minimum absolute atomic E-state index is 0.472. The number of nitrogens with one attached hydrogen (secondary N) is 1. The number of nitrogens with zero attached hydrogens (tertiary/aromatic N) is 1. The molecule has 0 spiro atoms. The molecule has 1 fully saturated rings. The Morgan fingerprint density at radius 2 is 2.05 bits per heavy atom. The fraction of sp³-hybridized carbons (Fsp3) is 0.500. The van der Waals surface area contributed by atoms with Crippen molar-refractivity contribution in [3.63, 3.8) is 0 Å². The summed E-state index contributed by atoms with van der Waals surface area (Å²) in [6.45, 7) is 2.19. The Balaban J connectivity index is 2.14. The second-order valence-electron chi connectivity index (χ2n) is 5.08. The Labute approximate surface area is 113 Å². The lowest BCUT2D eigenvalue weighted by Gasteiger charge is -2.29. The van der Waals surface area contributed by atoms with Crippen molar-refractivity contribution >= 4 is 17.5 Å². The minimum atomic E-state index is -0.472. The predicted molar refractivity (Wildman–Crippen MR) is 76.4 cm³/mol. The minimum Gasteiger partial charge on any atom is -0.453 e. The molecule has 1 heterocycles. The van der Waals surface area contributed by atoms with E-state index in [9.17, 15) is 4.79 Å². The predicted octanol–water partition coefficient (Wildman–Crippen LogP) is 2.26. The molecule has 104 valence electrons. The summed E-state index contributed by atoms with van der Waals surface area (Å²) in [5.41, 5.74) is 8.47. The Hall–Kier alpha value is -1.75. The van der Waals surface area contributed by atoms with Crippen molar-refractivity contribution in [2.45, 2.75) is 18.8 Å². The lowest BCUT2D eigenvalue weighted by molar-refractivity contribution is 0.187. The van der Waals surface area contributed by atoms with Crippen LogP contribution >= 0.6 is 0 Å². The molecular weight excluding hydrogens is 242 g/mol. The van der Waals surface area contributed by atoms with E-state index in [0.717, 1.165) is 25.9 Å². The zero-order chi connectivity index (χ0) is 13.8. The van der Waals surface area contributed by atoms with Crippen LogP contribution in [0.5, 0.6) is 0 Å². The molecule has 1 aliphatic heterocycles. The van der Waals surface area contributed by atoms with Crippen LogP contribution in [0, 0.1) is 0 Å². The maximum atomic E-state index is 11.2. The molecule has 0 saturated carbocycles. The van der Waals surface area contributed by atoms with Gasteiger partial charge in [0, 0.05) is 11.4 Å². The number of benzene rings is 1. The van der Waals surface area contributed by atoms with Crippen LogP contribution in [0.1, 0.15) is 24.3 Å². The number of anilines is 2. The molecule has 1 aromatic rings. The third-order valence-corrected chi connectivity index (χ3v) is 3.60. The van der Waals surface area contributed by atoms with Crippen LogP contribution in [0.25, 0.3) is 0 Å². The second-order valence-corrected chi connectivity index (χ2v) is 5.08. The van der Waals surface area contributed by atoms with E-state index in [1.165, 1.54) is 12.7 Å². The molecule has 5 nitrogen and oxygen atoms in total. The van der Waals surface area contributed by atoms with Gasteiger partial charge >= 0.3 is 6.09 Å². The molecule has 5 heteroatoms. The van der Waals surface area contributed by atoms with Gasteiger partial charge in [-0.1, -0.05) is 0 Å². The number of likely N-dealkylation sites (tertiary alicyclic amines) is 1. The molecule has 0 atom stereocenters. The molecule has 0 radical (unpaired) electrons. The van der Waals surface area contributed by atoms with Crippen LogP contribution in [0.2, 0.25) is 0 Å². The monoisotopic (exact) mass is 263 g/mol. The van der Waals surface area contributed by atoms with Gasteiger partial charge in [0.1, 0.15) is 0 Å². The maximum Gasteiger partial charge on any atom is 0.411 e. The van der Waals surface area contributed by atoms with Crippen molar-refractivity contribution in [3.8, 4) is 0 Å². The molecule has 0 bridgehead atoms. The highest BCUT2D eigenvalue weighted by Gasteiger charge is 2.19. The highest BCUT2D eigenvalue weighted by molar-refractivity contribution is 5.85. The number of ether oxygens (including phenoxy) is 1. The van der Waals surface area contributed by atoms with Gasteiger partial charge in [0.2, 0.25) is 0 Å². The molecule has 0 unspecified atom stereocenters. The standard InChI is InChI=1S/C14H21N3O2/c1-17-5-3-10(4-6-17)11-7-12(15)9-13(8-11)16-14(18)19-2/h7-10H,3-6,15H2,1-2H3,(H,16,18). The summed E-state index contributed by atoms with van der Waals surface area (Å²) in [6, 6.07) is 5.73. The van der Waals surface area contributed by atoms with Crippen LogP contribution in [-0.2, 0) is 4.74 Å². The topological polar surface area (TPSA) is 67.6 Å². The molecule has 1 aromatic carbocycles. The summed E-state index contributed by atoms with van der Waals surface area (Å²) in [5, 5.41) is 2.67. The summed E-state index contributed by atoms with van der Waals surface area (Å²) in [6.07, 6.45) is 1.77. The van der Waals surface area contributed by atoms with Crippen molar-refractivity contribution in [3.05, 3.63) is 23.8 Å². The molecular formula is C14H21N3O2. The van der Waals surface area contributed by atoms with Crippen molar-refractivity contribution in [2.24, 2.45) is 0 Å². The summed E-state index contributed by atoms with van der Waals surface area (Å²) in [7, 11) is 3.49. The Kier molecular flexibility index (Phi) is 4.27. The number of amides is 1. The van der Waals surface area contributed by atoms with E-state index in [0.29, 0.717) is 17.3 Å². The van der Waals surface area contributed by atoms with Crippen molar-refractivity contribution in [2.75, 3.05) is 38.3 Å². The van der Waals surface area contributed by atoms with E-state index in [2.05, 4.69) is 22.0 Å². The highest BCUT2D eigenvalue weighted by Crippen LogP contribution is 2.30. The van der Waals surface area contributed by atoms with Crippen molar-refractivity contribution in [1.29, 1.82) is 0 Å². The van der Waals surface area contributed by atoms with Gasteiger partial charge in [0.25, 0.3) is 0 Å². The molecule has 1 aliphatic rings. The smallest absolute Gasteiger partial charge is 0.411 e. The first-order chi connectivity index (χ1) is 9.08. The van der Waals surface area contributed by atoms with Crippen molar-refractivity contribution < 1.29 is 9.53 Å². The van der Waals surface area contributed by atoms with Gasteiger partial charge in [-0.15, -0.1) is 0 Å². The average Bonchev–Trinajstić information content (AvgIpc) is 2.38. The number of nitrogen functional groups attached to an aromatic ring is 1. The molecule has 0 aromatic heterocycles. The second kappa shape index (κ2) is 5.93. The van der Waals surface area contributed by atoms with Gasteiger partial charge in [-0.3, -0.25) is 5.32 Å². The van der Waals surface area contributed by atoms with Gasteiger partial charge < -0.3 is 15.4 Å². The lowest BCUT2D eigenvalue weighted by atomic mass is 9.89. The normalized spacial score (nSPS) is 17.2. The first-order valence-corrected chi connectivity index (χ1v) is 6.52. The van der Waals surface area contributed by atoms with Crippen molar-refractivity contribution in [1.82, 2.24) is 4.90 Å². The summed E-state index contributed by atoms with van der Waals surface area (Å²) < 4.78 is 4.60. The van der Waals surface area contributed by atoms with Crippen LogP contribution < -0.4 is 11.1 Å². The number of carbonyl (C=O) groups is 1. The Morgan fingerprint density at radius 1 is 1.37 bits per heavy atom. The quantitative estimate of drug-likeness (QED) is 0.803. The summed E-state index contributed by atoms with van der Waals surface area (Å²) in [5.74, 6) is 0.512. The molecule has 19 heavy (non-hydrogen) atoms. The molecule has 0 aliphatic carbocycles. The molecule has 1 amide bonds. The SMILES string of the molecule is COC(=O)Nc1cc(N)cc(C2CCN(C)CC2)c1. The van der Waals surface area contributed by atoms with E-state index in [4.69, 9.17) is 5.73 Å². The fourth-order valence-electron chi connectivity index (χ4n) is 2.50. The first kappa shape index (κ1) is 13.7. The van der Waals surface area contributed by atoms with Crippen LogP contribution in [0.3, 0.4) is 0 Å². The number of nitrogens with two attached hydrogens (primary N) is 1. The fourth-order valence-corrected chi connectivity index (χ4v) is 2.50. The third kappa shape index (κ3) is 3.61. The van der Waals surface area contributed by atoms with Gasteiger partial charge in [0.15, 0.2) is 0 Å². The van der Waals surface area contributed by atoms with Gasteiger partial charge in [-0.05, 0) is 62.7 Å². The molecule has 1 saturated heterocycles. The zero-order valence-corrected chi connectivity index (χ0v) is 11.5. The number of hydrogen-bond donors (Lipinski definition) is 2. The van der Waals surface area contributed by atoms with Gasteiger partial charge in [-0.25, -0.2) is 4.79 Å². The Bertz CT molecular complexity index is 454.